The van der Waals surface area contributed by atoms with E-state index in [1.54, 1.807) is 12.1 Å². The normalized spacial score (nSPS) is 24.3. The van der Waals surface area contributed by atoms with Crippen LogP contribution in [0.25, 0.3) is 10.8 Å². The molecule has 0 radical (unpaired) electrons. The second-order valence-corrected chi connectivity index (χ2v) is 7.51. The number of aryl methyl sites for hydroxylation is 1. The lowest BCUT2D eigenvalue weighted by Crippen LogP contribution is -2.47. The van der Waals surface area contributed by atoms with Crippen LogP contribution in [0.4, 0.5) is 10.2 Å². The van der Waals surface area contributed by atoms with E-state index in [0.717, 1.165) is 18.2 Å². The minimum absolute atomic E-state index is 0.261. The lowest BCUT2D eigenvalue weighted by molar-refractivity contribution is 0.194. The van der Waals surface area contributed by atoms with E-state index >= 15 is 0 Å². The van der Waals surface area contributed by atoms with Gasteiger partial charge in [-0.3, -0.25) is 0 Å². The molecule has 0 spiro atoms. The molecule has 0 amide bonds. The van der Waals surface area contributed by atoms with Crippen molar-refractivity contribution in [1.29, 1.82) is 0 Å². The van der Waals surface area contributed by atoms with Gasteiger partial charge in [-0.05, 0) is 54.4 Å². The van der Waals surface area contributed by atoms with E-state index < -0.39 is 0 Å². The van der Waals surface area contributed by atoms with Gasteiger partial charge < -0.3 is 5.32 Å². The fourth-order valence-corrected chi connectivity index (χ4v) is 4.77. The summed E-state index contributed by atoms with van der Waals surface area (Å²) in [6.45, 7) is 0. The second kappa shape index (κ2) is 5.70. The standard InChI is InChI=1S/C21H18ClFN2/c22-20-11-17-15(6-3-7-18(17)23)21(25-20)24-19-10-16-13-5-2-1-4-12(13)8-9-14(16)19/h1-7,11,14,16,19H,8-10H2,(H,24,25). The summed E-state index contributed by atoms with van der Waals surface area (Å²) in [7, 11) is 0. The fraction of sp³-hybridized carbons (Fsp3) is 0.286. The van der Waals surface area contributed by atoms with E-state index in [4.69, 9.17) is 11.6 Å². The lowest BCUT2D eigenvalue weighted by Gasteiger charge is -2.49. The Balaban J connectivity index is 1.45. The molecule has 3 unspecified atom stereocenters. The number of pyridine rings is 1. The Hall–Kier alpha value is -2.13. The zero-order valence-corrected chi connectivity index (χ0v) is 14.4. The molecule has 3 atom stereocenters. The van der Waals surface area contributed by atoms with Crippen molar-refractivity contribution in [1.82, 2.24) is 4.98 Å². The highest BCUT2D eigenvalue weighted by Gasteiger charge is 2.44. The quantitative estimate of drug-likeness (QED) is 0.611. The van der Waals surface area contributed by atoms with Gasteiger partial charge in [-0.2, -0.15) is 0 Å². The minimum Gasteiger partial charge on any atom is -0.366 e. The highest BCUT2D eigenvalue weighted by molar-refractivity contribution is 6.30. The van der Waals surface area contributed by atoms with Gasteiger partial charge in [0, 0.05) is 16.8 Å². The molecule has 1 N–H and O–H groups in total. The Kier molecular flexibility index (Phi) is 3.46. The van der Waals surface area contributed by atoms with Crippen LogP contribution < -0.4 is 5.32 Å². The minimum atomic E-state index is -0.261. The number of hydrogen-bond acceptors (Lipinski definition) is 2. The molecule has 2 aliphatic carbocycles. The molecule has 1 heterocycles. The van der Waals surface area contributed by atoms with Crippen LogP contribution in [0.3, 0.4) is 0 Å². The Morgan fingerprint density at radius 2 is 1.96 bits per heavy atom. The molecule has 1 aromatic heterocycles. The summed E-state index contributed by atoms with van der Waals surface area (Å²) < 4.78 is 14.1. The molecule has 5 rings (SSSR count). The largest absolute Gasteiger partial charge is 0.366 e. The van der Waals surface area contributed by atoms with Gasteiger partial charge in [-0.1, -0.05) is 48.0 Å². The van der Waals surface area contributed by atoms with Crippen molar-refractivity contribution in [2.24, 2.45) is 5.92 Å². The van der Waals surface area contributed by atoms with Gasteiger partial charge in [-0.25, -0.2) is 9.37 Å². The van der Waals surface area contributed by atoms with Crippen LogP contribution in [0.5, 0.6) is 0 Å². The third-order valence-corrected chi connectivity index (χ3v) is 6.05. The van der Waals surface area contributed by atoms with Crippen LogP contribution in [0, 0.1) is 11.7 Å². The van der Waals surface area contributed by atoms with Gasteiger partial charge in [-0.15, -0.1) is 0 Å². The average molecular weight is 353 g/mol. The van der Waals surface area contributed by atoms with Crippen molar-refractivity contribution in [3.8, 4) is 0 Å². The van der Waals surface area contributed by atoms with Crippen molar-refractivity contribution in [2.75, 3.05) is 5.32 Å². The average Bonchev–Trinajstić information content (AvgIpc) is 2.60. The SMILES string of the molecule is Fc1cccc2c(NC3CC4c5ccccc5CCC34)nc(Cl)cc12. The van der Waals surface area contributed by atoms with E-state index in [0.29, 0.717) is 34.2 Å². The number of aromatic nitrogens is 1. The first-order valence-electron chi connectivity index (χ1n) is 8.80. The van der Waals surface area contributed by atoms with Gasteiger partial charge >= 0.3 is 0 Å². The van der Waals surface area contributed by atoms with Crippen LogP contribution >= 0.6 is 11.6 Å². The van der Waals surface area contributed by atoms with Gasteiger partial charge in [0.2, 0.25) is 0 Å². The summed E-state index contributed by atoms with van der Waals surface area (Å²) in [5.74, 6) is 1.68. The van der Waals surface area contributed by atoms with Crippen molar-refractivity contribution >= 4 is 28.2 Å². The number of rotatable bonds is 2. The molecule has 0 saturated heterocycles. The molecular weight excluding hydrogens is 335 g/mol. The Labute approximate surface area is 151 Å². The maximum absolute atomic E-state index is 14.1. The first-order valence-corrected chi connectivity index (χ1v) is 9.17. The molecule has 2 aromatic carbocycles. The fourth-order valence-electron chi connectivity index (χ4n) is 4.57. The Bertz CT molecular complexity index is 971. The lowest BCUT2D eigenvalue weighted by atomic mass is 9.60. The molecule has 2 nitrogen and oxygen atoms in total. The molecule has 126 valence electrons. The molecule has 0 bridgehead atoms. The van der Waals surface area contributed by atoms with Crippen molar-refractivity contribution in [3.05, 3.63) is 70.6 Å². The van der Waals surface area contributed by atoms with Crippen molar-refractivity contribution in [2.45, 2.75) is 31.2 Å². The highest BCUT2D eigenvalue weighted by atomic mass is 35.5. The Morgan fingerprint density at radius 1 is 1.08 bits per heavy atom. The van der Waals surface area contributed by atoms with E-state index in [9.17, 15) is 4.39 Å². The van der Waals surface area contributed by atoms with Crippen LogP contribution in [0.15, 0.2) is 48.5 Å². The zero-order chi connectivity index (χ0) is 17.0. The van der Waals surface area contributed by atoms with Gasteiger partial charge in [0.1, 0.15) is 16.8 Å². The predicted octanol–water partition coefficient (Wildman–Crippen LogP) is 5.56. The number of benzene rings is 2. The zero-order valence-electron chi connectivity index (χ0n) is 13.7. The van der Waals surface area contributed by atoms with Gasteiger partial charge in [0.05, 0.1) is 0 Å². The summed E-state index contributed by atoms with van der Waals surface area (Å²) in [5, 5.41) is 5.20. The number of nitrogens with one attached hydrogen (secondary N) is 1. The number of halogens is 2. The van der Waals surface area contributed by atoms with E-state index in [1.807, 2.05) is 6.07 Å². The first kappa shape index (κ1) is 15.2. The summed E-state index contributed by atoms with van der Waals surface area (Å²) in [5.41, 5.74) is 3.00. The number of nitrogens with zero attached hydrogens (tertiary/aromatic N) is 1. The van der Waals surface area contributed by atoms with Crippen LogP contribution in [-0.4, -0.2) is 11.0 Å². The third kappa shape index (κ3) is 2.41. The van der Waals surface area contributed by atoms with Crippen LogP contribution in [0.2, 0.25) is 5.15 Å². The van der Waals surface area contributed by atoms with Gasteiger partial charge in [0.15, 0.2) is 0 Å². The number of fused-ring (bicyclic) bond motifs is 4. The molecule has 25 heavy (non-hydrogen) atoms. The Morgan fingerprint density at radius 3 is 2.88 bits per heavy atom. The van der Waals surface area contributed by atoms with Crippen LogP contribution in [-0.2, 0) is 6.42 Å². The molecule has 3 aromatic rings. The van der Waals surface area contributed by atoms with Gasteiger partial charge in [0.25, 0.3) is 0 Å². The molecule has 1 fully saturated rings. The second-order valence-electron chi connectivity index (χ2n) is 7.12. The summed E-state index contributed by atoms with van der Waals surface area (Å²) in [4.78, 5) is 4.43. The molecule has 4 heteroatoms. The topological polar surface area (TPSA) is 24.9 Å². The maximum atomic E-state index is 14.1. The molecule has 2 aliphatic rings. The smallest absolute Gasteiger partial charge is 0.135 e. The first-order chi connectivity index (χ1) is 12.2. The maximum Gasteiger partial charge on any atom is 0.135 e. The molecule has 0 aliphatic heterocycles. The van der Waals surface area contributed by atoms with E-state index in [2.05, 4.69) is 34.6 Å². The summed E-state index contributed by atoms with van der Waals surface area (Å²) >= 11 is 6.13. The summed E-state index contributed by atoms with van der Waals surface area (Å²) in [6.07, 6.45) is 3.41. The third-order valence-electron chi connectivity index (χ3n) is 5.86. The predicted molar refractivity (Wildman–Crippen MR) is 99.7 cm³/mol. The number of hydrogen-bond donors (Lipinski definition) is 1. The number of anilines is 1. The monoisotopic (exact) mass is 352 g/mol. The summed E-state index contributed by atoms with van der Waals surface area (Å²) in [6, 6.07) is 15.8. The van der Waals surface area contributed by atoms with E-state index in [-0.39, 0.29) is 5.82 Å². The van der Waals surface area contributed by atoms with Crippen molar-refractivity contribution < 1.29 is 4.39 Å². The van der Waals surface area contributed by atoms with E-state index in [1.165, 1.54) is 23.6 Å². The van der Waals surface area contributed by atoms with Crippen LogP contribution in [0.1, 0.15) is 29.9 Å². The highest BCUT2D eigenvalue weighted by Crippen LogP contribution is 2.50. The molecule has 1 saturated carbocycles. The molecular formula is C21H18ClFN2. The van der Waals surface area contributed by atoms with Crippen molar-refractivity contribution in [3.63, 3.8) is 0 Å².